The number of ether oxygens (including phenoxy) is 1. The number of nitrogens with one attached hydrogen (secondary N) is 1. The number of halogens is 4. The summed E-state index contributed by atoms with van der Waals surface area (Å²) in [4.78, 5) is 1.23. The number of likely N-dealkylation sites (N-methyl/N-ethyl adjacent to an activating group) is 1. The summed E-state index contributed by atoms with van der Waals surface area (Å²) >= 11 is 8.88. The fourth-order valence-electron chi connectivity index (χ4n) is 1.94. The highest BCUT2D eigenvalue weighted by Gasteiger charge is 2.22. The molecule has 0 fully saturated rings. The van der Waals surface area contributed by atoms with Gasteiger partial charge in [0.05, 0.1) is 15.2 Å². The molecular formula is C16H16BrClF2N2O3S. The number of hydrogen-bond donors (Lipinski definition) is 1. The summed E-state index contributed by atoms with van der Waals surface area (Å²) in [5.41, 5.74) is 0.133. The van der Waals surface area contributed by atoms with Gasteiger partial charge in [0.1, 0.15) is 28.9 Å². The molecule has 0 unspecified atom stereocenters. The third kappa shape index (κ3) is 5.29. The highest BCUT2D eigenvalue weighted by atomic mass is 79.9. The Morgan fingerprint density at radius 1 is 1.19 bits per heavy atom. The van der Waals surface area contributed by atoms with E-state index < -0.39 is 26.6 Å². The van der Waals surface area contributed by atoms with Gasteiger partial charge in [0.2, 0.25) is 0 Å². The van der Waals surface area contributed by atoms with Crippen LogP contribution in [0.25, 0.3) is 0 Å². The van der Waals surface area contributed by atoms with Crippen molar-refractivity contribution in [1.82, 2.24) is 4.90 Å². The Balaban J connectivity index is 2.26. The molecule has 0 amide bonds. The minimum absolute atomic E-state index is 0.133. The molecule has 0 heterocycles. The van der Waals surface area contributed by atoms with Crippen molar-refractivity contribution in [3.8, 4) is 5.75 Å². The highest BCUT2D eigenvalue weighted by molar-refractivity contribution is 9.10. The average Bonchev–Trinajstić information content (AvgIpc) is 2.53. The molecule has 0 aliphatic carbocycles. The zero-order valence-corrected chi connectivity index (χ0v) is 17.1. The molecule has 0 bridgehead atoms. The standard InChI is InChI=1S/C16H16BrClF2N2O3S/c1-22(2)5-6-25-15-7-10(3-4-12(15)18)21-26(23,24)16-8-11(17)13(19)9-14(16)20/h3-4,7-9,21H,5-6H2,1-2H3. The summed E-state index contributed by atoms with van der Waals surface area (Å²) in [5.74, 6) is -1.81. The smallest absolute Gasteiger partial charge is 0.264 e. The predicted octanol–water partition coefficient (Wildman–Crippen LogP) is 4.12. The summed E-state index contributed by atoms with van der Waals surface area (Å²) in [6.07, 6.45) is 0. The van der Waals surface area contributed by atoms with Crippen LogP contribution in [0.15, 0.2) is 39.7 Å². The van der Waals surface area contributed by atoms with Gasteiger partial charge in [0.25, 0.3) is 10.0 Å². The molecule has 142 valence electrons. The summed E-state index contributed by atoms with van der Waals surface area (Å²) in [5, 5.41) is 0.308. The number of anilines is 1. The van der Waals surface area contributed by atoms with Gasteiger partial charge in [-0.15, -0.1) is 0 Å². The van der Waals surface area contributed by atoms with Crippen molar-refractivity contribution in [2.24, 2.45) is 0 Å². The molecule has 0 radical (unpaired) electrons. The first-order chi connectivity index (χ1) is 12.1. The Bertz CT molecular complexity index is 911. The van der Waals surface area contributed by atoms with Crippen LogP contribution in [0.2, 0.25) is 5.02 Å². The van der Waals surface area contributed by atoms with E-state index in [1.807, 2.05) is 19.0 Å². The SMILES string of the molecule is CN(C)CCOc1cc(NS(=O)(=O)c2cc(Br)c(F)cc2F)ccc1Cl. The fraction of sp³-hybridized carbons (Fsp3) is 0.250. The Hall–Kier alpha value is -1.42. The van der Waals surface area contributed by atoms with Crippen molar-refractivity contribution in [2.45, 2.75) is 4.90 Å². The van der Waals surface area contributed by atoms with E-state index >= 15 is 0 Å². The summed E-state index contributed by atoms with van der Waals surface area (Å²) in [7, 11) is -0.516. The van der Waals surface area contributed by atoms with E-state index in [0.29, 0.717) is 24.2 Å². The molecule has 0 aliphatic heterocycles. The number of benzene rings is 2. The quantitative estimate of drug-likeness (QED) is 0.620. The van der Waals surface area contributed by atoms with E-state index in [2.05, 4.69) is 20.7 Å². The second-order valence-electron chi connectivity index (χ2n) is 5.60. The topological polar surface area (TPSA) is 58.6 Å². The van der Waals surface area contributed by atoms with E-state index in [1.165, 1.54) is 18.2 Å². The lowest BCUT2D eigenvalue weighted by atomic mass is 10.3. The Morgan fingerprint density at radius 2 is 1.88 bits per heavy atom. The molecule has 2 aromatic rings. The van der Waals surface area contributed by atoms with Crippen LogP contribution >= 0.6 is 27.5 Å². The maximum atomic E-state index is 13.9. The van der Waals surface area contributed by atoms with Gasteiger partial charge in [0.15, 0.2) is 0 Å². The molecule has 26 heavy (non-hydrogen) atoms. The molecule has 2 rings (SSSR count). The molecule has 0 aliphatic rings. The summed E-state index contributed by atoms with van der Waals surface area (Å²) < 4.78 is 59.6. The van der Waals surface area contributed by atoms with E-state index in [4.69, 9.17) is 16.3 Å². The highest BCUT2D eigenvalue weighted by Crippen LogP contribution is 2.30. The van der Waals surface area contributed by atoms with Crippen molar-refractivity contribution < 1.29 is 21.9 Å². The lowest BCUT2D eigenvalue weighted by molar-refractivity contribution is 0.261. The third-order valence-corrected chi connectivity index (χ3v) is 5.56. The molecule has 1 N–H and O–H groups in total. The molecule has 0 saturated heterocycles. The molecule has 0 spiro atoms. The van der Waals surface area contributed by atoms with Gasteiger partial charge in [-0.25, -0.2) is 17.2 Å². The molecule has 0 aromatic heterocycles. The number of nitrogens with zero attached hydrogens (tertiary/aromatic N) is 1. The average molecular weight is 470 g/mol. The normalized spacial score (nSPS) is 11.7. The largest absolute Gasteiger partial charge is 0.491 e. The van der Waals surface area contributed by atoms with Gasteiger partial charge in [-0.3, -0.25) is 4.72 Å². The first-order valence-corrected chi connectivity index (χ1v) is 10.00. The van der Waals surface area contributed by atoms with Crippen molar-refractivity contribution in [1.29, 1.82) is 0 Å². The van der Waals surface area contributed by atoms with Gasteiger partial charge >= 0.3 is 0 Å². The Kier molecular flexibility index (Phi) is 6.84. The monoisotopic (exact) mass is 468 g/mol. The molecular weight excluding hydrogens is 454 g/mol. The van der Waals surface area contributed by atoms with Crippen LogP contribution in [0.5, 0.6) is 5.75 Å². The van der Waals surface area contributed by atoms with E-state index in [-0.39, 0.29) is 15.9 Å². The molecule has 2 aromatic carbocycles. The van der Waals surface area contributed by atoms with Crippen molar-refractivity contribution in [2.75, 3.05) is 32.0 Å². The van der Waals surface area contributed by atoms with Gasteiger partial charge in [-0.05, 0) is 48.2 Å². The van der Waals surface area contributed by atoms with Crippen LogP contribution in [0, 0.1) is 11.6 Å². The fourth-order valence-corrected chi connectivity index (χ4v) is 3.74. The maximum absolute atomic E-state index is 13.9. The van der Waals surface area contributed by atoms with Crippen molar-refractivity contribution in [3.63, 3.8) is 0 Å². The third-order valence-electron chi connectivity index (χ3n) is 3.24. The first-order valence-electron chi connectivity index (χ1n) is 7.34. The minimum atomic E-state index is -4.28. The Labute approximate surface area is 164 Å². The second-order valence-corrected chi connectivity index (χ2v) is 8.51. The van der Waals surface area contributed by atoms with Gasteiger partial charge < -0.3 is 9.64 Å². The van der Waals surface area contributed by atoms with E-state index in [1.54, 1.807) is 0 Å². The lowest BCUT2D eigenvalue weighted by Crippen LogP contribution is -2.19. The number of rotatable bonds is 7. The summed E-state index contributed by atoms with van der Waals surface area (Å²) in [6.45, 7) is 0.990. The van der Waals surface area contributed by atoms with Crippen LogP contribution < -0.4 is 9.46 Å². The number of hydrogen-bond acceptors (Lipinski definition) is 4. The van der Waals surface area contributed by atoms with E-state index in [9.17, 15) is 17.2 Å². The first kappa shape index (κ1) is 20.9. The van der Waals surface area contributed by atoms with Crippen LogP contribution in [-0.2, 0) is 10.0 Å². The van der Waals surface area contributed by atoms with Gasteiger partial charge in [-0.2, -0.15) is 0 Å². The molecule has 5 nitrogen and oxygen atoms in total. The minimum Gasteiger partial charge on any atom is -0.491 e. The lowest BCUT2D eigenvalue weighted by Gasteiger charge is -2.14. The molecule has 0 atom stereocenters. The maximum Gasteiger partial charge on any atom is 0.264 e. The molecule has 0 saturated carbocycles. The van der Waals surface area contributed by atoms with Crippen LogP contribution in [0.1, 0.15) is 0 Å². The van der Waals surface area contributed by atoms with Gasteiger partial charge in [0, 0.05) is 18.7 Å². The van der Waals surface area contributed by atoms with E-state index in [0.717, 1.165) is 6.07 Å². The second kappa shape index (κ2) is 8.51. The van der Waals surface area contributed by atoms with Crippen molar-refractivity contribution >= 4 is 43.2 Å². The van der Waals surface area contributed by atoms with Crippen LogP contribution in [0.4, 0.5) is 14.5 Å². The zero-order chi connectivity index (χ0) is 19.5. The molecule has 10 heteroatoms. The zero-order valence-electron chi connectivity index (χ0n) is 13.9. The predicted molar refractivity (Wildman–Crippen MR) is 100 cm³/mol. The van der Waals surface area contributed by atoms with Crippen LogP contribution in [0.3, 0.4) is 0 Å². The van der Waals surface area contributed by atoms with Crippen molar-refractivity contribution in [3.05, 3.63) is 51.5 Å². The Morgan fingerprint density at radius 3 is 2.54 bits per heavy atom. The number of sulfonamides is 1. The summed E-state index contributed by atoms with van der Waals surface area (Å²) in [6, 6.07) is 5.62. The van der Waals surface area contributed by atoms with Crippen LogP contribution in [-0.4, -0.2) is 40.6 Å². The van der Waals surface area contributed by atoms with Gasteiger partial charge in [-0.1, -0.05) is 11.6 Å².